The highest BCUT2D eigenvalue weighted by atomic mass is 16.6. The molecule has 0 fully saturated rings. The average molecular weight is 899 g/mol. The van der Waals surface area contributed by atoms with Crippen molar-refractivity contribution in [2.45, 2.75) is 303 Å². The van der Waals surface area contributed by atoms with Crippen LogP contribution in [0.4, 0.5) is 0 Å². The highest BCUT2D eigenvalue weighted by Crippen LogP contribution is 2.17. The van der Waals surface area contributed by atoms with Crippen molar-refractivity contribution in [2.24, 2.45) is 0 Å². The van der Waals surface area contributed by atoms with Gasteiger partial charge in [0.1, 0.15) is 13.2 Å². The Labute approximate surface area is 397 Å². The van der Waals surface area contributed by atoms with Crippen molar-refractivity contribution in [2.75, 3.05) is 13.2 Å². The van der Waals surface area contributed by atoms with Crippen molar-refractivity contribution < 1.29 is 28.6 Å². The maximum Gasteiger partial charge on any atom is 0.306 e. The van der Waals surface area contributed by atoms with Crippen LogP contribution in [-0.2, 0) is 28.6 Å². The van der Waals surface area contributed by atoms with Crippen molar-refractivity contribution in [3.05, 3.63) is 36.5 Å². The third kappa shape index (κ3) is 50.6. The SMILES string of the molecule is CC/C=C\C/C=C\C/C=C\CCCCCCCCCCCC(=O)OCC(COC(=O)CCCCCCCCCCCC)OC(=O)CCCCCCCCCCCCCCCCCCC. The maximum absolute atomic E-state index is 12.8. The summed E-state index contributed by atoms with van der Waals surface area (Å²) in [7, 11) is 0. The van der Waals surface area contributed by atoms with Gasteiger partial charge in [-0.15, -0.1) is 0 Å². The van der Waals surface area contributed by atoms with Crippen LogP contribution in [0.2, 0.25) is 0 Å². The van der Waals surface area contributed by atoms with Crippen LogP contribution in [-0.4, -0.2) is 37.2 Å². The Balaban J connectivity index is 4.28. The van der Waals surface area contributed by atoms with E-state index < -0.39 is 6.10 Å². The molecule has 374 valence electrons. The van der Waals surface area contributed by atoms with Crippen molar-refractivity contribution in [3.8, 4) is 0 Å². The Morgan fingerprint density at radius 3 is 0.953 bits per heavy atom. The summed E-state index contributed by atoms with van der Waals surface area (Å²) in [5, 5.41) is 0. The smallest absolute Gasteiger partial charge is 0.306 e. The molecule has 0 radical (unpaired) electrons. The van der Waals surface area contributed by atoms with Crippen LogP contribution in [0, 0.1) is 0 Å². The Morgan fingerprint density at radius 1 is 0.328 bits per heavy atom. The van der Waals surface area contributed by atoms with E-state index in [1.807, 2.05) is 0 Å². The van der Waals surface area contributed by atoms with Crippen LogP contribution in [0.1, 0.15) is 297 Å². The minimum Gasteiger partial charge on any atom is -0.462 e. The zero-order valence-corrected chi connectivity index (χ0v) is 42.8. The minimum atomic E-state index is -0.768. The second-order valence-electron chi connectivity index (χ2n) is 18.8. The van der Waals surface area contributed by atoms with E-state index in [1.54, 1.807) is 0 Å². The molecule has 0 aromatic heterocycles. The van der Waals surface area contributed by atoms with Gasteiger partial charge < -0.3 is 14.2 Å². The molecule has 0 aromatic carbocycles. The van der Waals surface area contributed by atoms with E-state index in [0.29, 0.717) is 19.3 Å². The molecule has 0 aromatic rings. The molecule has 0 N–H and O–H groups in total. The van der Waals surface area contributed by atoms with E-state index >= 15 is 0 Å². The highest BCUT2D eigenvalue weighted by Gasteiger charge is 2.19. The van der Waals surface area contributed by atoms with Gasteiger partial charge >= 0.3 is 17.9 Å². The fraction of sp³-hybridized carbons (Fsp3) is 0.845. The summed E-state index contributed by atoms with van der Waals surface area (Å²) in [5.74, 6) is -0.859. The van der Waals surface area contributed by atoms with Gasteiger partial charge in [-0.25, -0.2) is 0 Å². The summed E-state index contributed by atoms with van der Waals surface area (Å²) in [6.45, 7) is 6.55. The van der Waals surface area contributed by atoms with Crippen molar-refractivity contribution in [1.82, 2.24) is 0 Å². The number of carbonyl (C=O) groups is 3. The molecule has 0 aliphatic carbocycles. The number of hydrogen-bond acceptors (Lipinski definition) is 6. The third-order valence-corrected chi connectivity index (χ3v) is 12.4. The molecule has 0 spiro atoms. The lowest BCUT2D eigenvalue weighted by Gasteiger charge is -2.18. The topological polar surface area (TPSA) is 78.9 Å². The molecule has 1 atom stereocenters. The van der Waals surface area contributed by atoms with Gasteiger partial charge in [0.05, 0.1) is 0 Å². The van der Waals surface area contributed by atoms with Crippen molar-refractivity contribution in [1.29, 1.82) is 0 Å². The van der Waals surface area contributed by atoms with Crippen LogP contribution in [0.25, 0.3) is 0 Å². The molecule has 1 unspecified atom stereocenters. The predicted molar refractivity (Wildman–Crippen MR) is 275 cm³/mol. The Morgan fingerprint density at radius 2 is 0.609 bits per heavy atom. The predicted octanol–water partition coefficient (Wildman–Crippen LogP) is 18.5. The highest BCUT2D eigenvalue weighted by molar-refractivity contribution is 5.71. The largest absolute Gasteiger partial charge is 0.462 e. The van der Waals surface area contributed by atoms with Crippen molar-refractivity contribution >= 4 is 17.9 Å². The second-order valence-corrected chi connectivity index (χ2v) is 18.8. The number of ether oxygens (including phenoxy) is 3. The number of hydrogen-bond donors (Lipinski definition) is 0. The van der Waals surface area contributed by atoms with Gasteiger partial charge in [0.2, 0.25) is 0 Å². The molecular weight excluding hydrogens is 793 g/mol. The summed E-state index contributed by atoms with van der Waals surface area (Å²) in [5.41, 5.74) is 0. The first-order valence-corrected chi connectivity index (χ1v) is 28.0. The first kappa shape index (κ1) is 61.6. The number of unbranched alkanes of at least 4 members (excludes halogenated alkanes) is 34. The number of esters is 3. The molecule has 0 aliphatic heterocycles. The number of rotatable bonds is 51. The fourth-order valence-electron chi connectivity index (χ4n) is 8.22. The van der Waals surface area contributed by atoms with Gasteiger partial charge in [-0.3, -0.25) is 14.4 Å². The van der Waals surface area contributed by atoms with E-state index in [9.17, 15) is 14.4 Å². The lowest BCUT2D eigenvalue weighted by Crippen LogP contribution is -2.30. The molecule has 6 heteroatoms. The Hall–Kier alpha value is -2.37. The summed E-state index contributed by atoms with van der Waals surface area (Å²) < 4.78 is 16.8. The van der Waals surface area contributed by atoms with Gasteiger partial charge in [0.15, 0.2) is 6.10 Å². The third-order valence-electron chi connectivity index (χ3n) is 12.4. The molecule has 0 bridgehead atoms. The van der Waals surface area contributed by atoms with E-state index in [4.69, 9.17) is 14.2 Å². The molecule has 0 saturated heterocycles. The Bertz CT molecular complexity index is 1080. The molecule has 0 heterocycles. The molecule has 0 aliphatic rings. The molecular formula is C58H106O6. The summed E-state index contributed by atoms with van der Waals surface area (Å²) >= 11 is 0. The maximum atomic E-state index is 12.8. The molecule has 0 saturated carbocycles. The van der Waals surface area contributed by atoms with Gasteiger partial charge in [-0.05, 0) is 51.4 Å². The lowest BCUT2D eigenvalue weighted by atomic mass is 10.0. The van der Waals surface area contributed by atoms with Crippen LogP contribution < -0.4 is 0 Å². The molecule has 0 rings (SSSR count). The van der Waals surface area contributed by atoms with Gasteiger partial charge in [0, 0.05) is 19.3 Å². The Kier molecular flexibility index (Phi) is 51.3. The number of carbonyl (C=O) groups excluding carboxylic acids is 3. The van der Waals surface area contributed by atoms with E-state index in [-0.39, 0.29) is 31.1 Å². The first-order valence-electron chi connectivity index (χ1n) is 28.0. The van der Waals surface area contributed by atoms with E-state index in [2.05, 4.69) is 57.2 Å². The fourth-order valence-corrected chi connectivity index (χ4v) is 8.22. The quantitative estimate of drug-likeness (QED) is 0.0262. The van der Waals surface area contributed by atoms with Crippen LogP contribution >= 0.6 is 0 Å². The summed E-state index contributed by atoms with van der Waals surface area (Å²) in [6, 6.07) is 0. The van der Waals surface area contributed by atoms with E-state index in [0.717, 1.165) is 77.0 Å². The van der Waals surface area contributed by atoms with Crippen LogP contribution in [0.15, 0.2) is 36.5 Å². The molecule has 64 heavy (non-hydrogen) atoms. The van der Waals surface area contributed by atoms with Gasteiger partial charge in [0.25, 0.3) is 0 Å². The summed E-state index contributed by atoms with van der Waals surface area (Å²) in [4.78, 5) is 38.0. The van der Waals surface area contributed by atoms with E-state index in [1.165, 1.54) is 180 Å². The molecule has 0 amide bonds. The normalized spacial score (nSPS) is 12.2. The standard InChI is InChI=1S/C58H106O6/c1-4-7-10-13-16-19-22-24-26-28-29-31-32-34-36-39-42-45-48-51-57(60)63-54-55(53-62-56(59)50-47-44-41-38-21-18-15-12-9-6-3)64-58(61)52-49-46-43-40-37-35-33-30-27-25-23-20-17-14-11-8-5-2/h7,10,16,19,24,26,55H,4-6,8-9,11-15,17-18,20-23,25,27-54H2,1-3H3/b10-7-,19-16-,26-24-. The first-order chi connectivity index (χ1) is 31.5. The van der Waals surface area contributed by atoms with Crippen LogP contribution in [0.5, 0.6) is 0 Å². The zero-order chi connectivity index (χ0) is 46.5. The average Bonchev–Trinajstić information content (AvgIpc) is 3.29. The second kappa shape index (κ2) is 53.2. The molecule has 6 nitrogen and oxygen atoms in total. The number of allylic oxidation sites excluding steroid dienone is 6. The zero-order valence-electron chi connectivity index (χ0n) is 42.8. The monoisotopic (exact) mass is 899 g/mol. The van der Waals surface area contributed by atoms with Crippen molar-refractivity contribution in [3.63, 3.8) is 0 Å². The lowest BCUT2D eigenvalue weighted by molar-refractivity contribution is -0.167. The summed E-state index contributed by atoms with van der Waals surface area (Å²) in [6.07, 6.45) is 62.8. The van der Waals surface area contributed by atoms with Gasteiger partial charge in [-0.2, -0.15) is 0 Å². The minimum absolute atomic E-state index is 0.0691. The van der Waals surface area contributed by atoms with Crippen LogP contribution in [0.3, 0.4) is 0 Å². The van der Waals surface area contributed by atoms with Gasteiger partial charge in [-0.1, -0.05) is 263 Å².